The second-order valence-corrected chi connectivity index (χ2v) is 8.14. The van der Waals surface area contributed by atoms with Gasteiger partial charge in [-0.05, 0) is 0 Å². The normalized spacial score (nSPS) is 12.2. The zero-order valence-electron chi connectivity index (χ0n) is 12.4. The van der Waals surface area contributed by atoms with E-state index in [9.17, 15) is 13.2 Å². The largest absolute Gasteiger partial charge is 0.332 e. The van der Waals surface area contributed by atoms with Crippen molar-refractivity contribution in [1.29, 1.82) is 0 Å². The Morgan fingerprint density at radius 1 is 1.32 bits per heavy atom. The van der Waals surface area contributed by atoms with Gasteiger partial charge in [0.05, 0.1) is 6.33 Å². The van der Waals surface area contributed by atoms with Gasteiger partial charge in [0.25, 0.3) is 0 Å². The molecule has 0 saturated carbocycles. The maximum Gasteiger partial charge on any atom is 0.224 e. The predicted molar refractivity (Wildman–Crippen MR) is 83.9 cm³/mol. The lowest BCUT2D eigenvalue weighted by Crippen LogP contribution is -2.24. The first-order chi connectivity index (χ1) is 10.2. The molecule has 0 fully saturated rings. The van der Waals surface area contributed by atoms with Gasteiger partial charge in [0, 0.05) is 27.3 Å². The number of aromatic nitrogens is 4. The SMILES string of the molecule is CC(=O)N(C)c1nc2sc(S(C)(=O)=O)nc2c2c1ncn2C. The van der Waals surface area contributed by atoms with Crippen LogP contribution in [-0.2, 0) is 21.7 Å². The molecular formula is C12H13N5O3S2. The average molecular weight is 339 g/mol. The summed E-state index contributed by atoms with van der Waals surface area (Å²) in [5.41, 5.74) is 1.64. The van der Waals surface area contributed by atoms with Crippen molar-refractivity contribution < 1.29 is 13.2 Å². The molecule has 0 spiro atoms. The molecule has 116 valence electrons. The van der Waals surface area contributed by atoms with E-state index in [4.69, 9.17) is 0 Å². The van der Waals surface area contributed by atoms with Crippen LogP contribution in [0.5, 0.6) is 0 Å². The Labute approximate surface area is 130 Å². The van der Waals surface area contributed by atoms with E-state index in [0.29, 0.717) is 27.2 Å². The summed E-state index contributed by atoms with van der Waals surface area (Å²) < 4.78 is 25.2. The number of pyridine rings is 1. The number of fused-ring (bicyclic) bond motifs is 3. The lowest BCUT2D eigenvalue weighted by molar-refractivity contribution is -0.116. The van der Waals surface area contributed by atoms with Crippen LogP contribution in [0.4, 0.5) is 5.82 Å². The lowest BCUT2D eigenvalue weighted by Gasteiger charge is -2.14. The van der Waals surface area contributed by atoms with Gasteiger partial charge in [-0.2, -0.15) is 0 Å². The predicted octanol–water partition coefficient (Wildman–Crippen LogP) is 0.964. The first-order valence-corrected chi connectivity index (χ1v) is 8.97. The number of rotatable bonds is 2. The summed E-state index contributed by atoms with van der Waals surface area (Å²) in [6.45, 7) is 1.43. The van der Waals surface area contributed by atoms with Gasteiger partial charge in [-0.1, -0.05) is 11.3 Å². The fraction of sp³-hybridized carbons (Fsp3) is 0.333. The number of hydrogen-bond acceptors (Lipinski definition) is 7. The van der Waals surface area contributed by atoms with Crippen LogP contribution in [0.3, 0.4) is 0 Å². The number of thiazole rings is 1. The minimum absolute atomic E-state index is 0.000119. The summed E-state index contributed by atoms with van der Waals surface area (Å²) in [4.78, 5) is 26.3. The molecule has 10 heteroatoms. The molecule has 8 nitrogen and oxygen atoms in total. The Morgan fingerprint density at radius 2 is 2.00 bits per heavy atom. The van der Waals surface area contributed by atoms with Crippen molar-refractivity contribution in [2.24, 2.45) is 7.05 Å². The second kappa shape index (κ2) is 4.71. The minimum Gasteiger partial charge on any atom is -0.332 e. The molecule has 3 aromatic heterocycles. The van der Waals surface area contributed by atoms with E-state index in [0.717, 1.165) is 17.6 Å². The molecule has 0 aliphatic rings. The summed E-state index contributed by atoms with van der Waals surface area (Å²) >= 11 is 0.985. The molecule has 0 atom stereocenters. The molecule has 0 aliphatic heterocycles. The topological polar surface area (TPSA) is 98.1 Å². The number of sulfone groups is 1. The number of carbonyl (C=O) groups excluding carboxylic acids is 1. The highest BCUT2D eigenvalue weighted by Gasteiger charge is 2.23. The van der Waals surface area contributed by atoms with E-state index in [1.165, 1.54) is 11.8 Å². The number of imidazole rings is 1. The van der Waals surface area contributed by atoms with Crippen LogP contribution in [0.2, 0.25) is 0 Å². The maximum absolute atomic E-state index is 11.7. The van der Waals surface area contributed by atoms with Crippen molar-refractivity contribution in [3.8, 4) is 0 Å². The van der Waals surface area contributed by atoms with Crippen LogP contribution in [-0.4, -0.2) is 47.1 Å². The molecule has 3 aromatic rings. The molecule has 3 heterocycles. The Balaban J connectivity index is 2.46. The van der Waals surface area contributed by atoms with E-state index in [2.05, 4.69) is 15.0 Å². The Kier molecular flexibility index (Phi) is 3.18. The van der Waals surface area contributed by atoms with Gasteiger partial charge in [0.2, 0.25) is 20.1 Å². The monoisotopic (exact) mass is 339 g/mol. The van der Waals surface area contributed by atoms with Gasteiger partial charge < -0.3 is 4.57 Å². The average Bonchev–Trinajstić information content (AvgIpc) is 2.99. The summed E-state index contributed by atoms with van der Waals surface area (Å²) in [5, 5.41) is 0. The Hall–Kier alpha value is -2.07. The van der Waals surface area contributed by atoms with Crippen LogP contribution in [0.25, 0.3) is 21.4 Å². The fourth-order valence-electron chi connectivity index (χ4n) is 2.09. The smallest absolute Gasteiger partial charge is 0.224 e. The van der Waals surface area contributed by atoms with Crippen molar-refractivity contribution in [1.82, 2.24) is 19.5 Å². The van der Waals surface area contributed by atoms with E-state index in [-0.39, 0.29) is 10.2 Å². The van der Waals surface area contributed by atoms with Crippen molar-refractivity contribution in [3.63, 3.8) is 0 Å². The van der Waals surface area contributed by atoms with Crippen molar-refractivity contribution in [2.75, 3.05) is 18.2 Å². The molecule has 1 amide bonds. The maximum atomic E-state index is 11.7. The highest BCUT2D eigenvalue weighted by atomic mass is 32.2. The zero-order chi connectivity index (χ0) is 16.2. The highest BCUT2D eigenvalue weighted by molar-refractivity contribution is 7.92. The van der Waals surface area contributed by atoms with E-state index >= 15 is 0 Å². The van der Waals surface area contributed by atoms with E-state index < -0.39 is 9.84 Å². The van der Waals surface area contributed by atoms with Crippen LogP contribution in [0.1, 0.15) is 6.92 Å². The van der Waals surface area contributed by atoms with Gasteiger partial charge in [0.1, 0.15) is 21.4 Å². The van der Waals surface area contributed by atoms with Crippen LogP contribution < -0.4 is 4.90 Å². The summed E-state index contributed by atoms with van der Waals surface area (Å²) in [6.07, 6.45) is 2.69. The molecule has 0 radical (unpaired) electrons. The molecule has 0 bridgehead atoms. The Morgan fingerprint density at radius 3 is 2.59 bits per heavy atom. The first-order valence-electron chi connectivity index (χ1n) is 6.26. The van der Waals surface area contributed by atoms with Crippen LogP contribution >= 0.6 is 11.3 Å². The summed E-state index contributed by atoms with van der Waals surface area (Å²) in [6, 6.07) is 0. The highest BCUT2D eigenvalue weighted by Crippen LogP contribution is 2.33. The number of aryl methyl sites for hydroxylation is 1. The molecule has 0 saturated heterocycles. The minimum atomic E-state index is -3.42. The van der Waals surface area contributed by atoms with Gasteiger partial charge in [-0.3, -0.25) is 9.69 Å². The van der Waals surface area contributed by atoms with Gasteiger partial charge >= 0.3 is 0 Å². The summed E-state index contributed by atoms with van der Waals surface area (Å²) in [5.74, 6) is 0.200. The summed E-state index contributed by atoms with van der Waals surface area (Å²) in [7, 11) is -0.0376. The van der Waals surface area contributed by atoms with E-state index in [1.54, 1.807) is 25.0 Å². The van der Waals surface area contributed by atoms with Gasteiger partial charge in [-0.25, -0.2) is 23.4 Å². The third-order valence-electron chi connectivity index (χ3n) is 3.28. The number of carbonyl (C=O) groups is 1. The van der Waals surface area contributed by atoms with Gasteiger partial charge in [0.15, 0.2) is 5.82 Å². The molecule has 3 rings (SSSR count). The fourth-order valence-corrected chi connectivity index (χ4v) is 3.86. The zero-order valence-corrected chi connectivity index (χ0v) is 14.0. The quantitative estimate of drug-likeness (QED) is 0.690. The molecular weight excluding hydrogens is 326 g/mol. The number of hydrogen-bond donors (Lipinski definition) is 0. The molecule has 22 heavy (non-hydrogen) atoms. The molecule has 0 N–H and O–H groups in total. The third-order valence-corrected chi connectivity index (χ3v) is 5.91. The Bertz CT molecular complexity index is 1020. The van der Waals surface area contributed by atoms with Crippen molar-refractivity contribution >= 4 is 54.3 Å². The second-order valence-electron chi connectivity index (χ2n) is 4.97. The number of nitrogens with zero attached hydrogens (tertiary/aromatic N) is 5. The molecule has 0 unspecified atom stereocenters. The van der Waals surface area contributed by atoms with Crippen LogP contribution in [0, 0.1) is 0 Å². The van der Waals surface area contributed by atoms with Crippen molar-refractivity contribution in [3.05, 3.63) is 6.33 Å². The molecule has 0 aromatic carbocycles. The van der Waals surface area contributed by atoms with Gasteiger partial charge in [-0.15, -0.1) is 0 Å². The van der Waals surface area contributed by atoms with Crippen molar-refractivity contribution in [2.45, 2.75) is 11.3 Å². The number of amides is 1. The van der Waals surface area contributed by atoms with E-state index in [1.807, 2.05) is 0 Å². The lowest BCUT2D eigenvalue weighted by atomic mass is 10.3. The number of anilines is 1. The first kappa shape index (κ1) is 14.9. The third kappa shape index (κ3) is 2.15. The van der Waals surface area contributed by atoms with Crippen LogP contribution in [0.15, 0.2) is 10.7 Å². The standard InChI is InChI=1S/C12H13N5O3S2/c1-6(18)17(3)10-7-9(16(2)5-13-7)8-11(15-10)21-12(14-8)22(4,19)20/h5H,1-4H3. The molecule has 0 aliphatic carbocycles.